The van der Waals surface area contributed by atoms with Crippen LogP contribution in [0.3, 0.4) is 0 Å². The van der Waals surface area contributed by atoms with Crippen LogP contribution in [0.2, 0.25) is 0 Å². The highest BCUT2D eigenvalue weighted by molar-refractivity contribution is 8.08. The highest BCUT2D eigenvalue weighted by atomic mass is 32.2. The molecule has 0 bridgehead atoms. The lowest BCUT2D eigenvalue weighted by Crippen LogP contribution is -2.26. The van der Waals surface area contributed by atoms with Gasteiger partial charge in [-0.1, -0.05) is 48.5 Å². The van der Waals surface area contributed by atoms with Crippen LogP contribution < -0.4 is 29.4 Å². The van der Waals surface area contributed by atoms with Crippen molar-refractivity contribution in [3.8, 4) is 33.4 Å². The Morgan fingerprint density at radius 2 is 1.20 bits per heavy atom. The van der Waals surface area contributed by atoms with Gasteiger partial charge in [-0.15, -0.1) is 23.1 Å². The molecule has 0 saturated carbocycles. The van der Waals surface area contributed by atoms with Crippen molar-refractivity contribution in [3.05, 3.63) is 98.9 Å². The van der Waals surface area contributed by atoms with Gasteiger partial charge in [-0.25, -0.2) is 9.59 Å². The van der Waals surface area contributed by atoms with Gasteiger partial charge in [0.05, 0.1) is 27.5 Å². The number of thiophene rings is 1. The molecule has 8 nitrogen and oxygen atoms in total. The summed E-state index contributed by atoms with van der Waals surface area (Å²) in [4.78, 5) is 28.4. The molecular formula is C34H22O8S2. The molecule has 1 unspecified atom stereocenters. The van der Waals surface area contributed by atoms with Gasteiger partial charge >= 0.3 is 11.9 Å². The quantitative estimate of drug-likeness (QED) is 0.245. The van der Waals surface area contributed by atoms with Crippen LogP contribution in [0.1, 0.15) is 16.7 Å². The third kappa shape index (κ3) is 3.94. The molecule has 1 fully saturated rings. The van der Waals surface area contributed by atoms with E-state index in [0.717, 1.165) is 49.5 Å². The van der Waals surface area contributed by atoms with Crippen LogP contribution in [0.15, 0.2) is 71.8 Å². The maximum Gasteiger partial charge on any atom is 0.345 e. The van der Waals surface area contributed by atoms with E-state index in [9.17, 15) is 9.59 Å². The molecule has 44 heavy (non-hydrogen) atoms. The summed E-state index contributed by atoms with van der Waals surface area (Å²) in [5, 5.41) is 3.13. The molecule has 9 rings (SSSR count). The van der Waals surface area contributed by atoms with Gasteiger partial charge in [0.1, 0.15) is 31.7 Å². The summed E-state index contributed by atoms with van der Waals surface area (Å²) in [5.74, 6) is 2.78. The standard InChI is InChI=1S/C34H22O8S2/c35-33-25(17-1-5-19(6-2-17)31-29-23(15-43-31)37-11-13-39-29)21-9-10-22-26(34(36)42-28(22)27(21)41-33)18-3-7-20(8-4-18)32-30-24(16-44-32)38-12-14-40-30/h1-10,15,24H,11-14,16H2. The lowest BCUT2D eigenvalue weighted by Gasteiger charge is -2.22. The zero-order valence-electron chi connectivity index (χ0n) is 23.0. The Labute approximate surface area is 259 Å². The predicted octanol–water partition coefficient (Wildman–Crippen LogP) is 4.25. The van der Waals surface area contributed by atoms with E-state index < -0.39 is 11.9 Å². The van der Waals surface area contributed by atoms with Gasteiger partial charge in [-0.2, -0.15) is 0 Å². The number of carbonyl (C=O) groups is 2. The molecule has 1 atom stereocenters. The summed E-state index contributed by atoms with van der Waals surface area (Å²) in [6.45, 7) is 2.21. The first kappa shape index (κ1) is 25.9. The minimum Gasteiger partial charge on any atom is -0.492 e. The van der Waals surface area contributed by atoms with Gasteiger partial charge in [0.2, 0.25) is 0 Å². The number of hydrogen-bond donors (Lipinski definition) is 0. The molecule has 4 aromatic rings. The second-order valence-corrected chi connectivity index (χ2v) is 12.6. The van der Waals surface area contributed by atoms with E-state index >= 15 is 0 Å². The number of fused-ring (bicyclic) bond motifs is 5. The molecule has 3 aromatic carbocycles. The molecule has 0 spiro atoms. The molecule has 0 amide bonds. The Hall–Kier alpha value is -4.51. The maximum atomic E-state index is 13.2. The molecule has 6 heterocycles. The molecule has 0 aliphatic carbocycles. The van der Waals surface area contributed by atoms with E-state index in [1.807, 2.05) is 66.0 Å². The van der Waals surface area contributed by atoms with E-state index in [4.69, 9.17) is 28.4 Å². The van der Waals surface area contributed by atoms with E-state index in [0.29, 0.717) is 53.6 Å². The molecule has 218 valence electrons. The van der Waals surface area contributed by atoms with Crippen molar-refractivity contribution >= 4 is 51.1 Å². The Morgan fingerprint density at radius 3 is 1.89 bits per heavy atom. The first-order valence-corrected chi connectivity index (χ1v) is 16.1. The lowest BCUT2D eigenvalue weighted by atomic mass is 9.99. The summed E-state index contributed by atoms with van der Waals surface area (Å²) < 4.78 is 34.7. The van der Waals surface area contributed by atoms with Crippen molar-refractivity contribution in [2.24, 2.45) is 0 Å². The van der Waals surface area contributed by atoms with E-state index in [1.165, 1.54) is 0 Å². The number of hydrogen-bond acceptors (Lipinski definition) is 10. The molecule has 1 aromatic heterocycles. The first-order valence-electron chi connectivity index (χ1n) is 14.2. The highest BCUT2D eigenvalue weighted by Gasteiger charge is 2.35. The van der Waals surface area contributed by atoms with Crippen LogP contribution in [-0.4, -0.2) is 50.2 Å². The number of thioether (sulfide) groups is 1. The monoisotopic (exact) mass is 622 g/mol. The second-order valence-electron chi connectivity index (χ2n) is 10.7. The summed E-state index contributed by atoms with van der Waals surface area (Å²) in [6, 6.07) is 19.1. The predicted molar refractivity (Wildman–Crippen MR) is 164 cm³/mol. The number of esters is 2. The Kier molecular flexibility index (Phi) is 5.91. The van der Waals surface area contributed by atoms with Crippen LogP contribution >= 0.6 is 23.1 Å². The third-order valence-electron chi connectivity index (χ3n) is 8.18. The number of rotatable bonds is 4. The van der Waals surface area contributed by atoms with Crippen molar-refractivity contribution in [1.82, 2.24) is 0 Å². The summed E-state index contributed by atoms with van der Waals surface area (Å²) >= 11 is 3.27. The van der Waals surface area contributed by atoms with Gasteiger partial charge in [-0.3, -0.25) is 0 Å². The number of ether oxygens (including phenoxy) is 6. The molecule has 0 N–H and O–H groups in total. The van der Waals surface area contributed by atoms with Gasteiger partial charge < -0.3 is 28.4 Å². The van der Waals surface area contributed by atoms with E-state index in [2.05, 4.69) is 0 Å². The topological polar surface area (TPSA) is 89.5 Å². The van der Waals surface area contributed by atoms with Crippen LogP contribution in [0, 0.1) is 0 Å². The van der Waals surface area contributed by atoms with Crippen LogP contribution in [0.5, 0.6) is 23.0 Å². The fourth-order valence-electron chi connectivity index (χ4n) is 6.15. The second kappa shape index (κ2) is 10.0. The summed E-state index contributed by atoms with van der Waals surface area (Å²) in [6.07, 6.45) is -0.00474. The van der Waals surface area contributed by atoms with Gasteiger partial charge in [0.15, 0.2) is 23.0 Å². The Bertz CT molecular complexity index is 2060. The largest absolute Gasteiger partial charge is 0.492 e. The fourth-order valence-corrected chi connectivity index (χ4v) is 8.29. The van der Waals surface area contributed by atoms with Crippen LogP contribution in [0.25, 0.3) is 26.5 Å². The van der Waals surface area contributed by atoms with E-state index in [1.54, 1.807) is 23.1 Å². The van der Waals surface area contributed by atoms with Gasteiger partial charge in [0.25, 0.3) is 0 Å². The van der Waals surface area contributed by atoms with Crippen molar-refractivity contribution < 1.29 is 38.0 Å². The average Bonchev–Trinajstić information content (AvgIpc) is 3.83. The maximum absolute atomic E-state index is 13.2. The zero-order chi connectivity index (χ0) is 29.4. The van der Waals surface area contributed by atoms with Crippen molar-refractivity contribution in [2.45, 2.75) is 6.10 Å². The number of benzene rings is 3. The SMILES string of the molecule is O=C1Oc2c3c(ccc2=C1c1ccc(C2=C4OCCOC4CS2)cc1)=C(c1ccc(-c2scc4c2OCCO4)cc1)C(=O)O3. The van der Waals surface area contributed by atoms with Crippen molar-refractivity contribution in [2.75, 3.05) is 32.2 Å². The molecule has 5 aliphatic rings. The zero-order valence-corrected chi connectivity index (χ0v) is 24.7. The molecular weight excluding hydrogens is 601 g/mol. The first-order chi connectivity index (χ1) is 21.6. The summed E-state index contributed by atoms with van der Waals surface area (Å²) in [5.41, 5.74) is 4.26. The summed E-state index contributed by atoms with van der Waals surface area (Å²) in [7, 11) is 0. The minimum atomic E-state index is -0.490. The van der Waals surface area contributed by atoms with Crippen LogP contribution in [0.4, 0.5) is 0 Å². The van der Waals surface area contributed by atoms with E-state index in [-0.39, 0.29) is 17.6 Å². The Balaban J connectivity index is 1.08. The third-order valence-corrected chi connectivity index (χ3v) is 10.4. The highest BCUT2D eigenvalue weighted by Crippen LogP contribution is 2.46. The average molecular weight is 623 g/mol. The van der Waals surface area contributed by atoms with Crippen molar-refractivity contribution in [3.63, 3.8) is 0 Å². The van der Waals surface area contributed by atoms with Crippen LogP contribution in [-0.2, 0) is 19.1 Å². The smallest absolute Gasteiger partial charge is 0.345 e. The number of carbonyl (C=O) groups excluding carboxylic acids is 2. The van der Waals surface area contributed by atoms with Gasteiger partial charge in [-0.05, 0) is 34.4 Å². The fraction of sp³-hybridized carbons (Fsp3) is 0.176. The van der Waals surface area contributed by atoms with Crippen molar-refractivity contribution in [1.29, 1.82) is 0 Å². The lowest BCUT2D eigenvalue weighted by molar-refractivity contribution is -0.129. The molecule has 0 radical (unpaired) electrons. The molecule has 5 aliphatic heterocycles. The normalized spacial score (nSPS) is 19.8. The molecule has 1 saturated heterocycles. The minimum absolute atomic E-state index is 0.00474. The molecule has 10 heteroatoms. The van der Waals surface area contributed by atoms with Gasteiger partial charge in [0, 0.05) is 21.6 Å². The Morgan fingerprint density at radius 1 is 0.614 bits per heavy atom.